The van der Waals surface area contributed by atoms with Crippen molar-refractivity contribution in [3.63, 3.8) is 0 Å². The molecule has 2 amide bonds. The van der Waals surface area contributed by atoms with Crippen molar-refractivity contribution >= 4 is 39.1 Å². The minimum Gasteiger partial charge on any atom is -0.352 e. The summed E-state index contributed by atoms with van der Waals surface area (Å²) in [6, 6.07) is 11.1. The fourth-order valence-corrected chi connectivity index (χ4v) is 3.14. The predicted octanol–water partition coefficient (Wildman–Crippen LogP) is 3.08. The Morgan fingerprint density at radius 3 is 2.33 bits per heavy atom. The van der Waals surface area contributed by atoms with Gasteiger partial charge in [-0.15, -0.1) is 11.3 Å². The molecule has 0 aliphatic heterocycles. The number of benzene rings is 1. The van der Waals surface area contributed by atoms with Crippen LogP contribution in [0.4, 0.5) is 0 Å². The van der Waals surface area contributed by atoms with E-state index in [1.165, 1.54) is 6.92 Å². The van der Waals surface area contributed by atoms with E-state index >= 15 is 0 Å². The Morgan fingerprint density at radius 1 is 1.05 bits per heavy atom. The van der Waals surface area contributed by atoms with Crippen LogP contribution < -0.4 is 10.6 Å². The van der Waals surface area contributed by atoms with Crippen LogP contribution in [0, 0.1) is 0 Å². The Morgan fingerprint density at radius 2 is 1.76 bits per heavy atom. The van der Waals surface area contributed by atoms with E-state index in [1.54, 1.807) is 23.5 Å². The minimum absolute atomic E-state index is 0.0704. The normalized spacial score (nSPS) is 10.2. The molecule has 0 saturated carbocycles. The first-order valence-electron chi connectivity index (χ1n) is 6.40. The molecule has 21 heavy (non-hydrogen) atoms. The number of carbonyl (C=O) groups is 2. The Hall–Kier alpha value is -1.66. The van der Waals surface area contributed by atoms with Crippen molar-refractivity contribution in [2.75, 3.05) is 0 Å². The van der Waals surface area contributed by atoms with Gasteiger partial charge in [0.05, 0.1) is 10.3 Å². The Bertz CT molecular complexity index is 637. The lowest BCUT2D eigenvalue weighted by Crippen LogP contribution is -2.22. The van der Waals surface area contributed by atoms with E-state index in [0.717, 1.165) is 14.2 Å². The molecule has 0 atom stereocenters. The highest BCUT2D eigenvalue weighted by molar-refractivity contribution is 9.11. The Balaban J connectivity index is 1.88. The van der Waals surface area contributed by atoms with E-state index in [0.29, 0.717) is 18.7 Å². The fourth-order valence-electron chi connectivity index (χ4n) is 1.72. The molecule has 0 bridgehead atoms. The predicted molar refractivity (Wildman–Crippen MR) is 87.2 cm³/mol. The maximum Gasteiger partial charge on any atom is 0.251 e. The van der Waals surface area contributed by atoms with Gasteiger partial charge in [0, 0.05) is 23.9 Å². The number of nitrogens with one attached hydrogen (secondary N) is 2. The Kier molecular flexibility index (Phi) is 5.52. The van der Waals surface area contributed by atoms with E-state index in [9.17, 15) is 9.59 Å². The van der Waals surface area contributed by atoms with Gasteiger partial charge in [0.1, 0.15) is 0 Å². The lowest BCUT2D eigenvalue weighted by molar-refractivity contribution is -0.119. The third kappa shape index (κ3) is 4.99. The smallest absolute Gasteiger partial charge is 0.251 e. The molecule has 1 heterocycles. The first-order chi connectivity index (χ1) is 10.0. The van der Waals surface area contributed by atoms with E-state index < -0.39 is 0 Å². The van der Waals surface area contributed by atoms with Crippen LogP contribution >= 0.6 is 27.3 Å². The maximum absolute atomic E-state index is 12.0. The zero-order valence-electron chi connectivity index (χ0n) is 11.5. The average molecular weight is 367 g/mol. The molecule has 0 spiro atoms. The topological polar surface area (TPSA) is 58.2 Å². The maximum atomic E-state index is 12.0. The molecule has 2 aromatic rings. The molecule has 4 nitrogen and oxygen atoms in total. The molecule has 110 valence electrons. The molecule has 6 heteroatoms. The van der Waals surface area contributed by atoms with E-state index in [4.69, 9.17) is 0 Å². The molecule has 2 rings (SSSR count). The van der Waals surface area contributed by atoms with Crippen molar-refractivity contribution < 1.29 is 9.59 Å². The summed E-state index contributed by atoms with van der Waals surface area (Å²) >= 11 is 4.99. The minimum atomic E-state index is -0.106. The summed E-state index contributed by atoms with van der Waals surface area (Å²) in [5.74, 6) is -0.176. The van der Waals surface area contributed by atoms with Crippen LogP contribution in [0.1, 0.15) is 27.7 Å². The van der Waals surface area contributed by atoms with Crippen LogP contribution in [-0.4, -0.2) is 11.8 Å². The third-order valence-electron chi connectivity index (χ3n) is 2.81. The summed E-state index contributed by atoms with van der Waals surface area (Å²) in [5, 5.41) is 5.60. The molecule has 0 aliphatic rings. The SMILES string of the molecule is CC(=O)NCc1ccc(C(=O)NCc2ccc(Br)s2)cc1. The van der Waals surface area contributed by atoms with Crippen LogP contribution in [0.25, 0.3) is 0 Å². The largest absolute Gasteiger partial charge is 0.352 e. The molecular formula is C15H15BrN2O2S. The summed E-state index contributed by atoms with van der Waals surface area (Å²) in [4.78, 5) is 23.9. The highest BCUT2D eigenvalue weighted by Gasteiger charge is 2.06. The number of amides is 2. The first kappa shape index (κ1) is 15.7. The number of thiophene rings is 1. The van der Waals surface area contributed by atoms with Crippen LogP contribution in [0.5, 0.6) is 0 Å². The lowest BCUT2D eigenvalue weighted by atomic mass is 10.1. The van der Waals surface area contributed by atoms with Crippen LogP contribution in [0.2, 0.25) is 0 Å². The van der Waals surface area contributed by atoms with Crippen molar-refractivity contribution in [1.29, 1.82) is 0 Å². The van der Waals surface area contributed by atoms with Gasteiger partial charge < -0.3 is 10.6 Å². The van der Waals surface area contributed by atoms with Gasteiger partial charge in [-0.25, -0.2) is 0 Å². The number of hydrogen-bond acceptors (Lipinski definition) is 3. The van der Waals surface area contributed by atoms with Gasteiger partial charge in [-0.2, -0.15) is 0 Å². The number of halogens is 1. The number of rotatable bonds is 5. The zero-order chi connectivity index (χ0) is 15.2. The molecule has 1 aromatic carbocycles. The lowest BCUT2D eigenvalue weighted by Gasteiger charge is -2.06. The van der Waals surface area contributed by atoms with Crippen LogP contribution in [0.15, 0.2) is 40.2 Å². The van der Waals surface area contributed by atoms with E-state index in [2.05, 4.69) is 26.6 Å². The van der Waals surface area contributed by atoms with Crippen LogP contribution in [-0.2, 0) is 17.9 Å². The summed E-state index contributed by atoms with van der Waals surface area (Å²) in [5.41, 5.74) is 1.57. The number of carbonyl (C=O) groups excluding carboxylic acids is 2. The third-order valence-corrected chi connectivity index (χ3v) is 4.43. The van der Waals surface area contributed by atoms with Gasteiger partial charge in [0.2, 0.25) is 5.91 Å². The van der Waals surface area contributed by atoms with Gasteiger partial charge in [0.25, 0.3) is 5.91 Å². The van der Waals surface area contributed by atoms with Crippen molar-refractivity contribution in [3.8, 4) is 0 Å². The van der Waals surface area contributed by atoms with Gasteiger partial charge in [0.15, 0.2) is 0 Å². The highest BCUT2D eigenvalue weighted by Crippen LogP contribution is 2.21. The van der Waals surface area contributed by atoms with Gasteiger partial charge >= 0.3 is 0 Å². The second kappa shape index (κ2) is 7.38. The second-order valence-electron chi connectivity index (χ2n) is 4.50. The highest BCUT2D eigenvalue weighted by atomic mass is 79.9. The summed E-state index contributed by atoms with van der Waals surface area (Å²) in [6.45, 7) is 2.47. The first-order valence-corrected chi connectivity index (χ1v) is 8.01. The van der Waals surface area contributed by atoms with Gasteiger partial charge in [-0.1, -0.05) is 12.1 Å². The van der Waals surface area contributed by atoms with Crippen molar-refractivity contribution in [2.24, 2.45) is 0 Å². The molecule has 1 aromatic heterocycles. The molecular weight excluding hydrogens is 352 g/mol. The molecule has 0 fully saturated rings. The molecule has 0 saturated heterocycles. The fraction of sp³-hybridized carbons (Fsp3) is 0.200. The summed E-state index contributed by atoms with van der Waals surface area (Å²) in [6.07, 6.45) is 0. The van der Waals surface area contributed by atoms with Gasteiger partial charge in [-0.05, 0) is 45.8 Å². The molecule has 0 aliphatic carbocycles. The standard InChI is InChI=1S/C15H15BrN2O2S/c1-10(19)17-8-11-2-4-12(5-3-11)15(20)18-9-13-6-7-14(16)21-13/h2-7H,8-9H2,1H3,(H,17,19)(H,18,20). The van der Waals surface area contributed by atoms with E-state index in [1.807, 2.05) is 24.3 Å². The molecule has 0 radical (unpaired) electrons. The number of hydrogen-bond donors (Lipinski definition) is 2. The second-order valence-corrected chi connectivity index (χ2v) is 7.04. The summed E-state index contributed by atoms with van der Waals surface area (Å²) in [7, 11) is 0. The quantitative estimate of drug-likeness (QED) is 0.853. The molecule has 2 N–H and O–H groups in total. The summed E-state index contributed by atoms with van der Waals surface area (Å²) < 4.78 is 1.05. The van der Waals surface area contributed by atoms with Crippen molar-refractivity contribution in [3.05, 3.63) is 56.2 Å². The van der Waals surface area contributed by atoms with Crippen LogP contribution in [0.3, 0.4) is 0 Å². The monoisotopic (exact) mass is 366 g/mol. The van der Waals surface area contributed by atoms with Crippen molar-refractivity contribution in [1.82, 2.24) is 10.6 Å². The molecule has 0 unspecified atom stereocenters. The average Bonchev–Trinajstić information content (AvgIpc) is 2.89. The van der Waals surface area contributed by atoms with E-state index in [-0.39, 0.29) is 11.8 Å². The Labute approximate surface area is 135 Å². The van der Waals surface area contributed by atoms with Gasteiger partial charge in [-0.3, -0.25) is 9.59 Å². The zero-order valence-corrected chi connectivity index (χ0v) is 13.9. The van der Waals surface area contributed by atoms with Crippen molar-refractivity contribution in [2.45, 2.75) is 20.0 Å².